The number of nitrogens with one attached hydrogen (secondary N) is 2. The van der Waals surface area contributed by atoms with E-state index in [1.165, 1.54) is 9.36 Å². The van der Waals surface area contributed by atoms with Crippen LogP contribution in [-0.2, 0) is 27.2 Å². The number of aryl methyl sites for hydroxylation is 2. The van der Waals surface area contributed by atoms with Crippen LogP contribution in [0.4, 0.5) is 11.4 Å². The Kier molecular flexibility index (Phi) is 4.54. The Labute approximate surface area is 161 Å². The SMILES string of the molecule is CC1CN(Cc2nn(C)c(=O)[nH]2)c2ccccc2N(Cc2nn(C)c(=O)[nH]2)C1. The maximum atomic E-state index is 11.7. The molecule has 2 aromatic heterocycles. The summed E-state index contributed by atoms with van der Waals surface area (Å²) in [6, 6.07) is 8.15. The van der Waals surface area contributed by atoms with E-state index < -0.39 is 0 Å². The number of nitrogens with zero attached hydrogens (tertiary/aromatic N) is 6. The smallest absolute Gasteiger partial charge is 0.343 e. The van der Waals surface area contributed by atoms with Gasteiger partial charge in [0.2, 0.25) is 0 Å². The lowest BCUT2D eigenvalue weighted by Gasteiger charge is -2.26. The van der Waals surface area contributed by atoms with Gasteiger partial charge in [-0.3, -0.25) is 9.97 Å². The highest BCUT2D eigenvalue weighted by Gasteiger charge is 2.26. The molecule has 1 aromatic carbocycles. The van der Waals surface area contributed by atoms with Crippen LogP contribution in [0.15, 0.2) is 33.9 Å². The molecule has 0 aliphatic carbocycles. The quantitative estimate of drug-likeness (QED) is 0.665. The van der Waals surface area contributed by atoms with Crippen molar-refractivity contribution in [1.29, 1.82) is 0 Å². The lowest BCUT2D eigenvalue weighted by atomic mass is 10.1. The summed E-state index contributed by atoms with van der Waals surface area (Å²) in [5, 5.41) is 8.55. The summed E-state index contributed by atoms with van der Waals surface area (Å²) < 4.78 is 2.62. The van der Waals surface area contributed by atoms with Crippen LogP contribution >= 0.6 is 0 Å². The van der Waals surface area contributed by atoms with Gasteiger partial charge in [0.25, 0.3) is 0 Å². The van der Waals surface area contributed by atoms with Crippen molar-refractivity contribution in [1.82, 2.24) is 29.5 Å². The largest absolute Gasteiger partial charge is 0.362 e. The molecule has 0 unspecified atom stereocenters. The zero-order valence-corrected chi connectivity index (χ0v) is 16.2. The molecular formula is C18H24N8O2. The molecule has 0 saturated carbocycles. The number of anilines is 2. The van der Waals surface area contributed by atoms with E-state index in [1.807, 2.05) is 12.1 Å². The van der Waals surface area contributed by atoms with E-state index >= 15 is 0 Å². The molecule has 10 heteroatoms. The third-order valence-electron chi connectivity index (χ3n) is 4.94. The van der Waals surface area contributed by atoms with Gasteiger partial charge in [0.15, 0.2) is 11.6 Å². The zero-order valence-electron chi connectivity index (χ0n) is 16.2. The lowest BCUT2D eigenvalue weighted by molar-refractivity contribution is 0.547. The first-order valence-corrected chi connectivity index (χ1v) is 9.24. The first-order chi connectivity index (χ1) is 13.4. The second kappa shape index (κ2) is 7.02. The number of benzene rings is 1. The van der Waals surface area contributed by atoms with E-state index in [0.717, 1.165) is 24.5 Å². The number of hydrogen-bond donors (Lipinski definition) is 2. The van der Waals surface area contributed by atoms with Crippen molar-refractivity contribution in [2.24, 2.45) is 20.0 Å². The second-order valence-electron chi connectivity index (χ2n) is 7.36. The van der Waals surface area contributed by atoms with E-state index in [1.54, 1.807) is 14.1 Å². The summed E-state index contributed by atoms with van der Waals surface area (Å²) in [4.78, 5) is 33.5. The van der Waals surface area contributed by atoms with Gasteiger partial charge in [0.1, 0.15) is 0 Å². The number of aromatic amines is 2. The minimum absolute atomic E-state index is 0.216. The molecule has 0 spiro atoms. The fourth-order valence-electron chi connectivity index (χ4n) is 3.72. The first kappa shape index (κ1) is 18.1. The summed E-state index contributed by atoms with van der Waals surface area (Å²) in [5.41, 5.74) is 1.70. The van der Waals surface area contributed by atoms with Crippen LogP contribution in [0.2, 0.25) is 0 Å². The summed E-state index contributed by atoms with van der Waals surface area (Å²) >= 11 is 0. The van der Waals surface area contributed by atoms with Crippen LogP contribution in [0.5, 0.6) is 0 Å². The van der Waals surface area contributed by atoms with Gasteiger partial charge in [-0.15, -0.1) is 0 Å². The van der Waals surface area contributed by atoms with Gasteiger partial charge in [0, 0.05) is 27.2 Å². The van der Waals surface area contributed by atoms with Crippen LogP contribution in [-0.4, -0.2) is 42.6 Å². The van der Waals surface area contributed by atoms with Crippen molar-refractivity contribution in [3.05, 3.63) is 56.9 Å². The monoisotopic (exact) mass is 384 g/mol. The van der Waals surface area contributed by atoms with Gasteiger partial charge in [-0.05, 0) is 18.1 Å². The highest BCUT2D eigenvalue weighted by atomic mass is 16.2. The number of H-pyrrole nitrogens is 2. The maximum Gasteiger partial charge on any atom is 0.343 e. The number of hydrogen-bond acceptors (Lipinski definition) is 6. The van der Waals surface area contributed by atoms with Crippen LogP contribution in [0.1, 0.15) is 18.6 Å². The number of rotatable bonds is 4. The van der Waals surface area contributed by atoms with Crippen LogP contribution in [0.3, 0.4) is 0 Å². The van der Waals surface area contributed by atoms with Crippen molar-refractivity contribution in [3.8, 4) is 0 Å². The molecule has 28 heavy (non-hydrogen) atoms. The van der Waals surface area contributed by atoms with Crippen molar-refractivity contribution in [3.63, 3.8) is 0 Å². The highest BCUT2D eigenvalue weighted by molar-refractivity contribution is 5.72. The van der Waals surface area contributed by atoms with Crippen molar-refractivity contribution in [2.45, 2.75) is 20.0 Å². The lowest BCUT2D eigenvalue weighted by Crippen LogP contribution is -2.31. The molecular weight excluding hydrogens is 360 g/mol. The molecule has 0 saturated heterocycles. The molecule has 0 radical (unpaired) electrons. The molecule has 3 heterocycles. The molecule has 10 nitrogen and oxygen atoms in total. The van der Waals surface area contributed by atoms with Crippen molar-refractivity contribution >= 4 is 11.4 Å². The molecule has 3 aromatic rings. The Morgan fingerprint density at radius 2 is 1.32 bits per heavy atom. The molecule has 148 valence electrons. The predicted octanol–water partition coefficient (Wildman–Crippen LogP) is 0.193. The van der Waals surface area contributed by atoms with E-state index in [4.69, 9.17) is 0 Å². The Morgan fingerprint density at radius 3 is 1.68 bits per heavy atom. The molecule has 0 amide bonds. The van der Waals surface area contributed by atoms with Gasteiger partial charge < -0.3 is 9.80 Å². The molecule has 1 aliphatic rings. The van der Waals surface area contributed by atoms with Crippen molar-refractivity contribution < 1.29 is 0 Å². The van der Waals surface area contributed by atoms with Gasteiger partial charge in [-0.25, -0.2) is 19.0 Å². The molecule has 0 fully saturated rings. The van der Waals surface area contributed by atoms with Gasteiger partial charge in [0.05, 0.1) is 24.5 Å². The average molecular weight is 384 g/mol. The average Bonchev–Trinajstić information content (AvgIpc) is 3.09. The first-order valence-electron chi connectivity index (χ1n) is 9.24. The van der Waals surface area contributed by atoms with Crippen LogP contribution in [0, 0.1) is 5.92 Å². The Morgan fingerprint density at radius 1 is 0.893 bits per heavy atom. The number of para-hydroxylation sites is 2. The van der Waals surface area contributed by atoms with Gasteiger partial charge in [-0.1, -0.05) is 19.1 Å². The standard InChI is InChI=1S/C18H24N8O2/c1-12-8-25(10-15-19-17(27)23(2)21-15)13-6-4-5-7-14(13)26(9-12)11-16-20-18(28)24(3)22-16/h4-7,12H,8-11H2,1-3H3,(H,19,21,27)(H,20,22,28). The highest BCUT2D eigenvalue weighted by Crippen LogP contribution is 2.34. The summed E-state index contributed by atoms with van der Waals surface area (Å²) in [5.74, 6) is 1.63. The predicted molar refractivity (Wildman–Crippen MR) is 105 cm³/mol. The molecule has 4 rings (SSSR count). The Balaban J connectivity index is 1.67. The van der Waals surface area contributed by atoms with Crippen LogP contribution in [0.25, 0.3) is 0 Å². The minimum Gasteiger partial charge on any atom is -0.362 e. The normalized spacial score (nSPS) is 15.0. The van der Waals surface area contributed by atoms with E-state index in [0.29, 0.717) is 30.7 Å². The Hall–Kier alpha value is -3.30. The second-order valence-corrected chi connectivity index (χ2v) is 7.36. The number of aromatic nitrogens is 6. The zero-order chi connectivity index (χ0) is 19.8. The molecule has 2 N–H and O–H groups in total. The van der Waals surface area contributed by atoms with E-state index in [9.17, 15) is 9.59 Å². The molecule has 0 atom stereocenters. The Bertz CT molecular complexity index is 1010. The fourth-order valence-corrected chi connectivity index (χ4v) is 3.72. The molecule has 1 aliphatic heterocycles. The van der Waals surface area contributed by atoms with Gasteiger partial charge >= 0.3 is 11.4 Å². The summed E-state index contributed by atoms with van der Waals surface area (Å²) in [7, 11) is 3.27. The summed E-state index contributed by atoms with van der Waals surface area (Å²) in [6.07, 6.45) is 0. The minimum atomic E-state index is -0.216. The van der Waals surface area contributed by atoms with Gasteiger partial charge in [-0.2, -0.15) is 10.2 Å². The third-order valence-corrected chi connectivity index (χ3v) is 4.94. The number of fused-ring (bicyclic) bond motifs is 1. The van der Waals surface area contributed by atoms with Crippen LogP contribution < -0.4 is 21.2 Å². The van der Waals surface area contributed by atoms with E-state index in [2.05, 4.69) is 49.0 Å². The fraction of sp³-hybridized carbons (Fsp3) is 0.444. The maximum absolute atomic E-state index is 11.7. The topological polar surface area (TPSA) is 108 Å². The third kappa shape index (κ3) is 3.45. The van der Waals surface area contributed by atoms with E-state index in [-0.39, 0.29) is 11.4 Å². The molecule has 0 bridgehead atoms. The van der Waals surface area contributed by atoms with Crippen molar-refractivity contribution in [2.75, 3.05) is 22.9 Å². The summed E-state index contributed by atoms with van der Waals surface area (Å²) in [6.45, 7) is 4.88.